The number of alkyl halides is 3. The SMILES string of the molecule is COc1cccc(C(=O)N2N=C(c3ccc(Br)cc3)C[C@@]2(O)C(F)(F)F)c1. The number of methoxy groups -OCH3 is 1. The molecule has 1 amide bonds. The van der Waals surface area contributed by atoms with Crippen molar-refractivity contribution in [1.82, 2.24) is 5.01 Å². The van der Waals surface area contributed by atoms with Crippen LogP contribution in [0.3, 0.4) is 0 Å². The molecule has 9 heteroatoms. The smallest absolute Gasteiger partial charge is 0.438 e. The van der Waals surface area contributed by atoms with Crippen LogP contribution < -0.4 is 4.74 Å². The predicted octanol–water partition coefficient (Wildman–Crippen LogP) is 3.96. The van der Waals surface area contributed by atoms with E-state index in [4.69, 9.17) is 4.74 Å². The van der Waals surface area contributed by atoms with Crippen molar-refractivity contribution in [3.63, 3.8) is 0 Å². The fourth-order valence-corrected chi connectivity index (χ4v) is 2.93. The highest BCUT2D eigenvalue weighted by atomic mass is 79.9. The van der Waals surface area contributed by atoms with E-state index < -0.39 is 24.2 Å². The number of hydrazone groups is 1. The van der Waals surface area contributed by atoms with Crippen LogP contribution in [0.4, 0.5) is 13.2 Å². The highest BCUT2D eigenvalue weighted by Crippen LogP contribution is 2.42. The number of benzene rings is 2. The molecule has 0 saturated heterocycles. The third kappa shape index (κ3) is 3.57. The summed E-state index contributed by atoms with van der Waals surface area (Å²) in [5.74, 6) is -0.784. The molecule has 2 aromatic carbocycles. The minimum Gasteiger partial charge on any atom is -0.497 e. The van der Waals surface area contributed by atoms with Gasteiger partial charge in [0.2, 0.25) is 0 Å². The maximum Gasteiger partial charge on any atom is 0.438 e. The molecule has 0 fully saturated rings. The summed E-state index contributed by atoms with van der Waals surface area (Å²) in [5, 5.41) is 14.3. The van der Waals surface area contributed by atoms with E-state index in [1.165, 1.54) is 25.3 Å². The van der Waals surface area contributed by atoms with E-state index in [0.717, 1.165) is 4.47 Å². The molecule has 0 aromatic heterocycles. The fraction of sp³-hybridized carbons (Fsp3) is 0.222. The van der Waals surface area contributed by atoms with Gasteiger partial charge in [0.15, 0.2) is 0 Å². The molecule has 1 heterocycles. The minimum absolute atomic E-state index is 0.0430. The lowest BCUT2D eigenvalue weighted by molar-refractivity contribution is -0.297. The van der Waals surface area contributed by atoms with E-state index in [1.54, 1.807) is 30.3 Å². The van der Waals surface area contributed by atoms with Crippen LogP contribution in [0.15, 0.2) is 58.1 Å². The zero-order chi connectivity index (χ0) is 19.8. The molecule has 1 aliphatic rings. The van der Waals surface area contributed by atoms with E-state index in [-0.39, 0.29) is 16.3 Å². The van der Waals surface area contributed by atoms with Crippen LogP contribution in [-0.2, 0) is 0 Å². The Morgan fingerprint density at radius 2 is 1.93 bits per heavy atom. The molecule has 3 rings (SSSR count). The molecule has 0 unspecified atom stereocenters. The number of halogens is 4. The number of rotatable bonds is 3. The number of hydrogen-bond acceptors (Lipinski definition) is 4. The van der Waals surface area contributed by atoms with Crippen LogP contribution in [0, 0.1) is 0 Å². The van der Waals surface area contributed by atoms with Crippen LogP contribution in [-0.4, -0.2) is 40.7 Å². The van der Waals surface area contributed by atoms with Crippen molar-refractivity contribution < 1.29 is 27.8 Å². The van der Waals surface area contributed by atoms with E-state index in [1.807, 2.05) is 0 Å². The van der Waals surface area contributed by atoms with Crippen molar-refractivity contribution in [2.24, 2.45) is 5.10 Å². The first-order valence-electron chi connectivity index (χ1n) is 7.77. The van der Waals surface area contributed by atoms with Crippen LogP contribution in [0.2, 0.25) is 0 Å². The van der Waals surface area contributed by atoms with Gasteiger partial charge >= 0.3 is 6.18 Å². The van der Waals surface area contributed by atoms with Gasteiger partial charge in [0.1, 0.15) is 5.75 Å². The van der Waals surface area contributed by atoms with Gasteiger partial charge in [-0.15, -0.1) is 0 Å². The lowest BCUT2D eigenvalue weighted by Gasteiger charge is -2.32. The van der Waals surface area contributed by atoms with Crippen LogP contribution in [0.1, 0.15) is 22.3 Å². The number of ether oxygens (including phenoxy) is 1. The second kappa shape index (κ2) is 6.97. The zero-order valence-corrected chi connectivity index (χ0v) is 15.6. The molecule has 1 N–H and O–H groups in total. The molecule has 0 radical (unpaired) electrons. The van der Waals surface area contributed by atoms with Gasteiger partial charge in [0, 0.05) is 10.0 Å². The summed E-state index contributed by atoms with van der Waals surface area (Å²) in [6.07, 6.45) is -5.96. The van der Waals surface area contributed by atoms with Gasteiger partial charge in [-0.1, -0.05) is 34.1 Å². The Morgan fingerprint density at radius 3 is 2.52 bits per heavy atom. The second-order valence-electron chi connectivity index (χ2n) is 5.89. The highest BCUT2D eigenvalue weighted by molar-refractivity contribution is 9.10. The number of carbonyl (C=O) groups excluding carboxylic acids is 1. The van der Waals surface area contributed by atoms with Crippen molar-refractivity contribution in [3.8, 4) is 5.75 Å². The Balaban J connectivity index is 2.04. The molecule has 27 heavy (non-hydrogen) atoms. The third-order valence-electron chi connectivity index (χ3n) is 4.13. The number of aliphatic hydroxyl groups is 1. The Hall–Kier alpha value is -2.39. The topological polar surface area (TPSA) is 62.1 Å². The van der Waals surface area contributed by atoms with E-state index in [0.29, 0.717) is 11.3 Å². The van der Waals surface area contributed by atoms with E-state index in [9.17, 15) is 23.1 Å². The number of nitrogens with zero attached hydrogens (tertiary/aromatic N) is 2. The van der Waals surface area contributed by atoms with Crippen molar-refractivity contribution in [2.75, 3.05) is 7.11 Å². The lowest BCUT2D eigenvalue weighted by atomic mass is 10.0. The molecular formula is C18H14BrF3N2O3. The molecule has 0 aliphatic carbocycles. The van der Waals surface area contributed by atoms with Gasteiger partial charge < -0.3 is 9.84 Å². The van der Waals surface area contributed by atoms with Crippen molar-refractivity contribution >= 4 is 27.5 Å². The van der Waals surface area contributed by atoms with Crippen LogP contribution in [0.25, 0.3) is 0 Å². The minimum atomic E-state index is -5.10. The van der Waals surface area contributed by atoms with Gasteiger partial charge in [-0.05, 0) is 35.9 Å². The van der Waals surface area contributed by atoms with E-state index >= 15 is 0 Å². The van der Waals surface area contributed by atoms with Gasteiger partial charge in [-0.3, -0.25) is 4.79 Å². The summed E-state index contributed by atoms with van der Waals surface area (Å²) in [5.41, 5.74) is -3.19. The molecule has 142 valence electrons. The van der Waals surface area contributed by atoms with Crippen molar-refractivity contribution in [1.29, 1.82) is 0 Å². The zero-order valence-electron chi connectivity index (χ0n) is 14.0. The van der Waals surface area contributed by atoms with Crippen LogP contribution in [0.5, 0.6) is 5.75 Å². The molecular weight excluding hydrogens is 429 g/mol. The molecule has 0 spiro atoms. The Bertz CT molecular complexity index is 899. The predicted molar refractivity (Wildman–Crippen MR) is 95.5 cm³/mol. The number of carbonyl (C=O) groups is 1. The second-order valence-corrected chi connectivity index (χ2v) is 6.81. The summed E-state index contributed by atoms with van der Waals surface area (Å²) in [7, 11) is 1.37. The Morgan fingerprint density at radius 1 is 1.26 bits per heavy atom. The first-order valence-corrected chi connectivity index (χ1v) is 8.56. The lowest BCUT2D eigenvalue weighted by Crippen LogP contribution is -2.56. The summed E-state index contributed by atoms with van der Waals surface area (Å²) in [6.45, 7) is 0. The summed E-state index contributed by atoms with van der Waals surface area (Å²) >= 11 is 3.24. The van der Waals surface area contributed by atoms with E-state index in [2.05, 4.69) is 21.0 Å². The standard InChI is InChI=1S/C18H14BrF3N2O3/c1-27-14-4-2-3-12(9-14)16(25)24-17(26,18(20,21)22)10-15(23-24)11-5-7-13(19)8-6-11/h2-9,26H,10H2,1H3/t17-/m1/s1. The quantitative estimate of drug-likeness (QED) is 0.782. The molecule has 5 nitrogen and oxygen atoms in total. The molecule has 2 aromatic rings. The average Bonchev–Trinajstić information content (AvgIpc) is 3.00. The summed E-state index contributed by atoms with van der Waals surface area (Å²) in [6, 6.07) is 12.0. The largest absolute Gasteiger partial charge is 0.497 e. The maximum absolute atomic E-state index is 13.6. The van der Waals surface area contributed by atoms with Crippen molar-refractivity contribution in [2.45, 2.75) is 18.3 Å². The van der Waals surface area contributed by atoms with Gasteiger partial charge in [0.05, 0.1) is 19.2 Å². The average molecular weight is 443 g/mol. The highest BCUT2D eigenvalue weighted by Gasteiger charge is 2.63. The summed E-state index contributed by atoms with van der Waals surface area (Å²) < 4.78 is 46.6. The van der Waals surface area contributed by atoms with Crippen LogP contribution >= 0.6 is 15.9 Å². The first kappa shape index (κ1) is 19.4. The molecule has 1 aliphatic heterocycles. The molecule has 0 bridgehead atoms. The van der Waals surface area contributed by atoms with Gasteiger partial charge in [-0.25, -0.2) is 0 Å². The Kier molecular flexibility index (Phi) is 5.00. The molecule has 0 saturated carbocycles. The normalized spacial score (nSPS) is 19.8. The van der Waals surface area contributed by atoms with Crippen molar-refractivity contribution in [3.05, 3.63) is 64.1 Å². The fourth-order valence-electron chi connectivity index (χ4n) is 2.66. The Labute approximate surface area is 161 Å². The maximum atomic E-state index is 13.6. The number of hydrogen-bond donors (Lipinski definition) is 1. The first-order chi connectivity index (χ1) is 12.7. The summed E-state index contributed by atoms with van der Waals surface area (Å²) in [4.78, 5) is 12.7. The molecule has 1 atom stereocenters. The van der Waals surface area contributed by atoms with Gasteiger partial charge in [0.25, 0.3) is 11.6 Å². The number of amides is 1. The third-order valence-corrected chi connectivity index (χ3v) is 4.65. The monoisotopic (exact) mass is 442 g/mol. The van der Waals surface area contributed by atoms with Gasteiger partial charge in [-0.2, -0.15) is 23.3 Å².